The van der Waals surface area contributed by atoms with Gasteiger partial charge in [-0.15, -0.1) is 10.2 Å². The minimum absolute atomic E-state index is 0.108. The van der Waals surface area contributed by atoms with Crippen LogP contribution in [-0.4, -0.2) is 21.9 Å². The number of thioether (sulfide) groups is 1. The van der Waals surface area contributed by atoms with Crippen molar-refractivity contribution in [1.82, 2.24) is 10.2 Å². The number of nitrogens with zero attached hydrogens (tertiary/aromatic N) is 2. The molecule has 0 saturated heterocycles. The molecule has 8 heteroatoms. The first-order valence-corrected chi connectivity index (χ1v) is 8.29. The van der Waals surface area contributed by atoms with Crippen molar-refractivity contribution in [2.75, 3.05) is 11.1 Å². The van der Waals surface area contributed by atoms with E-state index in [4.69, 9.17) is 23.2 Å². The molecule has 0 aliphatic rings. The van der Waals surface area contributed by atoms with E-state index in [0.29, 0.717) is 27.9 Å². The summed E-state index contributed by atoms with van der Waals surface area (Å²) in [5.41, 5.74) is 0.529. The van der Waals surface area contributed by atoms with Crippen LogP contribution in [0.5, 0.6) is 0 Å². The van der Waals surface area contributed by atoms with Crippen molar-refractivity contribution in [2.24, 2.45) is 0 Å². The van der Waals surface area contributed by atoms with E-state index >= 15 is 0 Å². The molecule has 0 radical (unpaired) electrons. The Labute approximate surface area is 134 Å². The number of anilines is 1. The lowest BCUT2D eigenvalue weighted by atomic mass is 10.3. The summed E-state index contributed by atoms with van der Waals surface area (Å²) >= 11 is 14.9. The van der Waals surface area contributed by atoms with Gasteiger partial charge in [-0.1, -0.05) is 52.4 Å². The van der Waals surface area contributed by atoms with Gasteiger partial charge in [-0.05, 0) is 19.1 Å². The summed E-state index contributed by atoms with van der Waals surface area (Å²) in [5.74, 6) is 0.529. The van der Waals surface area contributed by atoms with Crippen LogP contribution in [0.3, 0.4) is 0 Å². The maximum atomic E-state index is 11.8. The number of rotatable bonds is 5. The molecule has 0 spiro atoms. The third-order valence-corrected chi connectivity index (χ3v) is 5.08. The van der Waals surface area contributed by atoms with Gasteiger partial charge in [-0.2, -0.15) is 0 Å². The highest BCUT2D eigenvalue weighted by Gasteiger charge is 2.09. The van der Waals surface area contributed by atoms with Crippen LogP contribution < -0.4 is 5.32 Å². The Bertz CT molecular complexity index is 618. The quantitative estimate of drug-likeness (QED) is 0.820. The Balaban J connectivity index is 1.82. The van der Waals surface area contributed by atoms with E-state index in [1.807, 2.05) is 6.92 Å². The molecule has 1 aromatic carbocycles. The van der Waals surface area contributed by atoms with E-state index < -0.39 is 0 Å². The SMILES string of the molecule is Cc1nnc(SCCC(=O)Nc2cccc(Cl)c2Cl)s1. The molecule has 4 nitrogen and oxygen atoms in total. The standard InChI is InChI=1S/C12H11Cl2N3OS2/c1-7-16-17-12(20-7)19-6-5-10(18)15-9-4-2-3-8(13)11(9)14/h2-4H,5-6H2,1H3,(H,15,18). The zero-order chi connectivity index (χ0) is 14.5. The molecule has 0 aliphatic carbocycles. The molecule has 106 valence electrons. The average molecular weight is 348 g/mol. The van der Waals surface area contributed by atoms with Crippen LogP contribution in [0.15, 0.2) is 22.5 Å². The Morgan fingerprint density at radius 2 is 2.20 bits per heavy atom. The fourth-order valence-electron chi connectivity index (χ4n) is 1.38. The number of hydrogen-bond acceptors (Lipinski definition) is 5. The lowest BCUT2D eigenvalue weighted by molar-refractivity contribution is -0.115. The smallest absolute Gasteiger partial charge is 0.225 e. The number of amides is 1. The Morgan fingerprint density at radius 1 is 1.40 bits per heavy atom. The van der Waals surface area contributed by atoms with Gasteiger partial charge in [0.15, 0.2) is 4.34 Å². The van der Waals surface area contributed by atoms with Crippen LogP contribution in [0, 0.1) is 6.92 Å². The van der Waals surface area contributed by atoms with Gasteiger partial charge >= 0.3 is 0 Å². The van der Waals surface area contributed by atoms with Gasteiger partial charge in [-0.3, -0.25) is 4.79 Å². The third-order valence-electron chi connectivity index (χ3n) is 2.29. The Kier molecular flexibility index (Phi) is 5.65. The van der Waals surface area contributed by atoms with Gasteiger partial charge in [0.05, 0.1) is 15.7 Å². The maximum absolute atomic E-state index is 11.8. The Hall–Kier alpha value is -0.820. The normalized spacial score (nSPS) is 10.6. The second-order valence-corrected chi connectivity index (χ2v) is 7.14. The zero-order valence-corrected chi connectivity index (χ0v) is 13.7. The summed E-state index contributed by atoms with van der Waals surface area (Å²) < 4.78 is 0.871. The van der Waals surface area contributed by atoms with Crippen LogP contribution in [0.1, 0.15) is 11.4 Å². The summed E-state index contributed by atoms with van der Waals surface area (Å²) in [5, 5.41) is 12.3. The van der Waals surface area contributed by atoms with Gasteiger partial charge in [-0.25, -0.2) is 0 Å². The molecule has 0 aliphatic heterocycles. The first-order valence-electron chi connectivity index (χ1n) is 5.73. The van der Waals surface area contributed by atoms with Crippen LogP contribution in [0.25, 0.3) is 0 Å². The fourth-order valence-corrected chi connectivity index (χ4v) is 3.55. The molecule has 2 rings (SSSR count). The second kappa shape index (κ2) is 7.26. The van der Waals surface area contributed by atoms with Crippen molar-refractivity contribution in [3.63, 3.8) is 0 Å². The average Bonchev–Trinajstić information content (AvgIpc) is 2.81. The van der Waals surface area contributed by atoms with E-state index in [2.05, 4.69) is 15.5 Å². The molecule has 1 heterocycles. The van der Waals surface area contributed by atoms with Gasteiger partial charge in [0.2, 0.25) is 5.91 Å². The summed E-state index contributed by atoms with van der Waals surface area (Å²) in [6.45, 7) is 1.90. The van der Waals surface area contributed by atoms with Crippen LogP contribution in [0.2, 0.25) is 10.0 Å². The highest BCUT2D eigenvalue weighted by molar-refractivity contribution is 8.01. The van der Waals surface area contributed by atoms with Crippen LogP contribution in [0.4, 0.5) is 5.69 Å². The fraction of sp³-hybridized carbons (Fsp3) is 0.250. The monoisotopic (exact) mass is 347 g/mol. The molecule has 1 N–H and O–H groups in total. The van der Waals surface area contributed by atoms with Crippen molar-refractivity contribution in [2.45, 2.75) is 17.7 Å². The summed E-state index contributed by atoms with van der Waals surface area (Å²) in [7, 11) is 0. The van der Waals surface area contributed by atoms with E-state index in [1.54, 1.807) is 18.2 Å². The first kappa shape index (κ1) is 15.6. The predicted octanol–water partition coefficient (Wildman–Crippen LogP) is 4.27. The number of halogens is 2. The number of aromatic nitrogens is 2. The second-order valence-electron chi connectivity index (χ2n) is 3.84. The first-order chi connectivity index (χ1) is 9.56. The van der Waals surface area contributed by atoms with Crippen LogP contribution >= 0.6 is 46.3 Å². The molecule has 20 heavy (non-hydrogen) atoms. The minimum Gasteiger partial charge on any atom is -0.325 e. The van der Waals surface area contributed by atoms with Gasteiger partial charge < -0.3 is 5.32 Å². The van der Waals surface area contributed by atoms with Gasteiger partial charge in [0.1, 0.15) is 5.01 Å². The van der Waals surface area contributed by atoms with Crippen molar-refractivity contribution in [3.05, 3.63) is 33.3 Å². The van der Waals surface area contributed by atoms with E-state index in [-0.39, 0.29) is 5.91 Å². The van der Waals surface area contributed by atoms with Crippen molar-refractivity contribution in [3.8, 4) is 0 Å². The topological polar surface area (TPSA) is 54.9 Å². The number of nitrogens with one attached hydrogen (secondary N) is 1. The lowest BCUT2D eigenvalue weighted by Gasteiger charge is -2.07. The molecule has 0 fully saturated rings. The molecule has 0 atom stereocenters. The highest BCUT2D eigenvalue weighted by Crippen LogP contribution is 2.29. The van der Waals surface area contributed by atoms with Gasteiger partial charge in [0.25, 0.3) is 0 Å². The number of benzene rings is 1. The summed E-state index contributed by atoms with van der Waals surface area (Å²) in [4.78, 5) is 11.8. The van der Waals surface area contributed by atoms with Crippen molar-refractivity contribution < 1.29 is 4.79 Å². The largest absolute Gasteiger partial charge is 0.325 e. The van der Waals surface area contributed by atoms with E-state index in [9.17, 15) is 4.79 Å². The van der Waals surface area contributed by atoms with E-state index in [0.717, 1.165) is 9.35 Å². The number of hydrogen-bond donors (Lipinski definition) is 1. The molecular formula is C12H11Cl2N3OS2. The van der Waals surface area contributed by atoms with Crippen LogP contribution in [-0.2, 0) is 4.79 Å². The molecule has 1 amide bonds. The predicted molar refractivity (Wildman–Crippen MR) is 85.1 cm³/mol. The van der Waals surface area contributed by atoms with Crippen molar-refractivity contribution in [1.29, 1.82) is 0 Å². The van der Waals surface area contributed by atoms with Gasteiger partial charge in [0, 0.05) is 12.2 Å². The number of aryl methyl sites for hydroxylation is 1. The van der Waals surface area contributed by atoms with E-state index in [1.165, 1.54) is 23.1 Å². The number of carbonyl (C=O) groups is 1. The zero-order valence-electron chi connectivity index (χ0n) is 10.5. The molecular weight excluding hydrogens is 337 g/mol. The maximum Gasteiger partial charge on any atom is 0.225 e. The minimum atomic E-state index is -0.108. The highest BCUT2D eigenvalue weighted by atomic mass is 35.5. The lowest BCUT2D eigenvalue weighted by Crippen LogP contribution is -2.12. The molecule has 2 aromatic rings. The molecule has 0 saturated carbocycles. The summed E-state index contributed by atoms with van der Waals surface area (Å²) in [6.07, 6.45) is 0.367. The van der Waals surface area contributed by atoms with Crippen molar-refractivity contribution >= 4 is 57.9 Å². The molecule has 1 aromatic heterocycles. The molecule has 0 bridgehead atoms. The molecule has 0 unspecified atom stereocenters. The third kappa shape index (κ3) is 4.34. The Morgan fingerprint density at radius 3 is 2.90 bits per heavy atom. The summed E-state index contributed by atoms with van der Waals surface area (Å²) in [6, 6.07) is 5.13. The number of carbonyl (C=O) groups excluding carboxylic acids is 1.